The zero-order valence-electron chi connectivity index (χ0n) is 8.77. The third-order valence-corrected chi connectivity index (χ3v) is 3.23. The van der Waals surface area contributed by atoms with E-state index in [9.17, 15) is 0 Å². The fraction of sp³-hybridized carbons (Fsp3) is 0.667. The number of piperidine rings is 1. The van der Waals surface area contributed by atoms with Crippen LogP contribution in [0, 0.1) is 0 Å². The summed E-state index contributed by atoms with van der Waals surface area (Å²) in [6, 6.07) is 0. The molecule has 2 rings (SSSR count). The van der Waals surface area contributed by atoms with Crippen molar-refractivity contribution in [2.75, 3.05) is 13.1 Å². The second kappa shape index (κ2) is 3.57. The molecule has 0 aromatic rings. The van der Waals surface area contributed by atoms with Gasteiger partial charge in [0, 0.05) is 18.8 Å². The second-order valence-electron chi connectivity index (χ2n) is 4.14. The lowest BCUT2D eigenvalue weighted by molar-refractivity contribution is 0.295. The molecule has 1 saturated heterocycles. The Morgan fingerprint density at radius 1 is 1.15 bits per heavy atom. The minimum Gasteiger partial charge on any atom is -0.371 e. The van der Waals surface area contributed by atoms with Crippen LogP contribution in [-0.2, 0) is 0 Å². The van der Waals surface area contributed by atoms with Gasteiger partial charge in [0.1, 0.15) is 0 Å². The standard InChI is InChI=1S/C12H19N/c1-3-11-7-5-9-13-8-4-6-10(2)12(11)13/h3H,4-9H2,1-2H3. The van der Waals surface area contributed by atoms with Gasteiger partial charge < -0.3 is 4.90 Å². The summed E-state index contributed by atoms with van der Waals surface area (Å²) in [5, 5.41) is 0. The number of hydrogen-bond acceptors (Lipinski definition) is 1. The summed E-state index contributed by atoms with van der Waals surface area (Å²) >= 11 is 0. The molecule has 0 N–H and O–H groups in total. The van der Waals surface area contributed by atoms with Gasteiger partial charge in [-0.25, -0.2) is 0 Å². The van der Waals surface area contributed by atoms with Gasteiger partial charge in [-0.15, -0.1) is 0 Å². The number of hydrogen-bond donors (Lipinski definition) is 0. The smallest absolute Gasteiger partial charge is 0.0384 e. The highest BCUT2D eigenvalue weighted by atomic mass is 15.1. The summed E-state index contributed by atoms with van der Waals surface area (Å²) in [4.78, 5) is 2.58. The van der Waals surface area contributed by atoms with Crippen LogP contribution in [0.4, 0.5) is 0 Å². The molecule has 0 aromatic carbocycles. The number of rotatable bonds is 0. The molecule has 1 nitrogen and oxygen atoms in total. The Kier molecular flexibility index (Phi) is 2.43. The van der Waals surface area contributed by atoms with E-state index in [1.54, 1.807) is 16.8 Å². The van der Waals surface area contributed by atoms with E-state index in [0.717, 1.165) is 0 Å². The van der Waals surface area contributed by atoms with Crippen LogP contribution in [0.5, 0.6) is 0 Å². The van der Waals surface area contributed by atoms with Crippen molar-refractivity contribution in [1.82, 2.24) is 4.90 Å². The van der Waals surface area contributed by atoms with Crippen molar-refractivity contribution < 1.29 is 0 Å². The highest BCUT2D eigenvalue weighted by molar-refractivity contribution is 5.36. The minimum absolute atomic E-state index is 1.28. The molecule has 2 heterocycles. The Morgan fingerprint density at radius 2 is 1.85 bits per heavy atom. The lowest BCUT2D eigenvalue weighted by Crippen LogP contribution is -2.33. The van der Waals surface area contributed by atoms with Crippen LogP contribution in [0.1, 0.15) is 39.5 Å². The SMILES string of the molecule is CC=C1CCCN2CCCC(C)=C12. The summed E-state index contributed by atoms with van der Waals surface area (Å²) < 4.78 is 0. The third-order valence-electron chi connectivity index (χ3n) is 3.23. The first-order chi connectivity index (χ1) is 6.33. The maximum absolute atomic E-state index is 2.58. The highest BCUT2D eigenvalue weighted by Gasteiger charge is 2.23. The Labute approximate surface area is 81.1 Å². The Hall–Kier alpha value is -0.720. The van der Waals surface area contributed by atoms with Crippen LogP contribution in [-0.4, -0.2) is 18.0 Å². The van der Waals surface area contributed by atoms with E-state index in [4.69, 9.17) is 0 Å². The summed E-state index contributed by atoms with van der Waals surface area (Å²) in [5.74, 6) is 0. The molecule has 1 fully saturated rings. The molecular weight excluding hydrogens is 158 g/mol. The van der Waals surface area contributed by atoms with Gasteiger partial charge in [-0.2, -0.15) is 0 Å². The van der Waals surface area contributed by atoms with Crippen LogP contribution in [0.3, 0.4) is 0 Å². The van der Waals surface area contributed by atoms with E-state index in [1.807, 2.05) is 0 Å². The van der Waals surface area contributed by atoms with E-state index in [2.05, 4.69) is 24.8 Å². The fourth-order valence-electron chi connectivity index (χ4n) is 2.60. The van der Waals surface area contributed by atoms with Crippen LogP contribution < -0.4 is 0 Å². The summed E-state index contributed by atoms with van der Waals surface area (Å²) in [7, 11) is 0. The van der Waals surface area contributed by atoms with Crippen LogP contribution in [0.15, 0.2) is 22.9 Å². The fourth-order valence-corrected chi connectivity index (χ4v) is 2.60. The molecule has 0 atom stereocenters. The molecule has 0 radical (unpaired) electrons. The first-order valence-corrected chi connectivity index (χ1v) is 5.43. The molecule has 0 unspecified atom stereocenters. The van der Waals surface area contributed by atoms with Crippen molar-refractivity contribution in [3.8, 4) is 0 Å². The van der Waals surface area contributed by atoms with Gasteiger partial charge in [-0.3, -0.25) is 0 Å². The normalized spacial score (nSPS) is 26.6. The summed E-state index contributed by atoms with van der Waals surface area (Å²) in [6.45, 7) is 7.04. The van der Waals surface area contributed by atoms with E-state index >= 15 is 0 Å². The van der Waals surface area contributed by atoms with Gasteiger partial charge in [-0.1, -0.05) is 6.08 Å². The van der Waals surface area contributed by atoms with E-state index < -0.39 is 0 Å². The van der Waals surface area contributed by atoms with E-state index in [0.29, 0.717) is 0 Å². The van der Waals surface area contributed by atoms with Gasteiger partial charge in [0.05, 0.1) is 0 Å². The topological polar surface area (TPSA) is 3.24 Å². The van der Waals surface area contributed by atoms with Gasteiger partial charge in [0.25, 0.3) is 0 Å². The van der Waals surface area contributed by atoms with Gasteiger partial charge in [0.15, 0.2) is 0 Å². The molecule has 1 heteroatoms. The molecule has 0 aliphatic carbocycles. The average Bonchev–Trinajstić information content (AvgIpc) is 2.17. The zero-order valence-corrected chi connectivity index (χ0v) is 8.77. The summed E-state index contributed by atoms with van der Waals surface area (Å²) in [5.41, 5.74) is 4.78. The molecule has 0 amide bonds. The van der Waals surface area contributed by atoms with Crippen molar-refractivity contribution in [2.24, 2.45) is 0 Å². The Bertz CT molecular complexity index is 260. The van der Waals surface area contributed by atoms with Crippen molar-refractivity contribution in [3.05, 3.63) is 22.9 Å². The van der Waals surface area contributed by atoms with Gasteiger partial charge >= 0.3 is 0 Å². The maximum Gasteiger partial charge on any atom is 0.0384 e. The van der Waals surface area contributed by atoms with E-state index in [-0.39, 0.29) is 0 Å². The third kappa shape index (κ3) is 1.52. The Morgan fingerprint density at radius 3 is 2.54 bits per heavy atom. The molecule has 0 aromatic heterocycles. The first-order valence-electron chi connectivity index (χ1n) is 5.43. The van der Waals surface area contributed by atoms with E-state index in [1.165, 1.54) is 38.8 Å². The predicted octanol–water partition coefficient (Wildman–Crippen LogP) is 3.10. The lowest BCUT2D eigenvalue weighted by Gasteiger charge is -2.38. The molecule has 0 spiro atoms. The monoisotopic (exact) mass is 177 g/mol. The van der Waals surface area contributed by atoms with Gasteiger partial charge in [0.2, 0.25) is 0 Å². The maximum atomic E-state index is 2.58. The molecule has 72 valence electrons. The molecule has 2 aliphatic rings. The number of nitrogens with zero attached hydrogens (tertiary/aromatic N) is 1. The van der Waals surface area contributed by atoms with Crippen LogP contribution >= 0.6 is 0 Å². The molecule has 0 saturated carbocycles. The zero-order chi connectivity index (χ0) is 9.26. The average molecular weight is 177 g/mol. The van der Waals surface area contributed by atoms with Gasteiger partial charge in [-0.05, 0) is 50.7 Å². The van der Waals surface area contributed by atoms with Crippen LogP contribution in [0.2, 0.25) is 0 Å². The second-order valence-corrected chi connectivity index (χ2v) is 4.14. The predicted molar refractivity (Wildman–Crippen MR) is 56.5 cm³/mol. The molecule has 2 aliphatic heterocycles. The minimum atomic E-state index is 1.28. The largest absolute Gasteiger partial charge is 0.371 e. The molecule has 13 heavy (non-hydrogen) atoms. The molecule has 0 bridgehead atoms. The van der Waals surface area contributed by atoms with Crippen molar-refractivity contribution in [3.63, 3.8) is 0 Å². The first kappa shape index (κ1) is 8.86. The number of fused-ring (bicyclic) bond motifs is 1. The van der Waals surface area contributed by atoms with Crippen molar-refractivity contribution in [1.29, 1.82) is 0 Å². The molecular formula is C12H19N. The van der Waals surface area contributed by atoms with Crippen molar-refractivity contribution in [2.45, 2.75) is 39.5 Å². The Balaban J connectivity index is 2.35. The lowest BCUT2D eigenvalue weighted by atomic mass is 9.92. The highest BCUT2D eigenvalue weighted by Crippen LogP contribution is 2.33. The quantitative estimate of drug-likeness (QED) is 0.549. The summed E-state index contributed by atoms with van der Waals surface area (Å²) in [6.07, 6.45) is 7.60. The van der Waals surface area contributed by atoms with Crippen LogP contribution in [0.25, 0.3) is 0 Å². The van der Waals surface area contributed by atoms with Crippen molar-refractivity contribution >= 4 is 0 Å². The number of allylic oxidation sites excluding steroid dienone is 3.